The predicted octanol–water partition coefficient (Wildman–Crippen LogP) is 2.14. The van der Waals surface area contributed by atoms with E-state index in [1.165, 1.54) is 17.4 Å². The Morgan fingerprint density at radius 3 is 2.88 bits per heavy atom. The molecule has 0 saturated carbocycles. The maximum absolute atomic E-state index is 11.8. The first kappa shape index (κ1) is 11.9. The van der Waals surface area contributed by atoms with Crippen LogP contribution in [0.4, 0.5) is 0 Å². The quantitative estimate of drug-likeness (QED) is 0.911. The molecule has 92 valence electrons. The van der Waals surface area contributed by atoms with Crippen LogP contribution in [0.1, 0.15) is 26.8 Å². The third-order valence-electron chi connectivity index (χ3n) is 2.33. The van der Waals surface area contributed by atoms with Gasteiger partial charge in [-0.2, -0.15) is 4.98 Å². The molecule has 0 amide bonds. The summed E-state index contributed by atoms with van der Waals surface area (Å²) in [7, 11) is 0. The highest BCUT2D eigenvalue weighted by Gasteiger charge is 2.16. The van der Waals surface area contributed by atoms with Gasteiger partial charge in [-0.05, 0) is 20.8 Å². The fraction of sp³-hybridized carbons (Fsp3) is 0.455. The number of rotatable bonds is 3. The summed E-state index contributed by atoms with van der Waals surface area (Å²) in [6, 6.07) is 1.21. The van der Waals surface area contributed by atoms with Gasteiger partial charge in [0, 0.05) is 12.1 Å². The van der Waals surface area contributed by atoms with Gasteiger partial charge in [0.25, 0.3) is 10.8 Å². The van der Waals surface area contributed by atoms with Crippen LogP contribution >= 0.6 is 11.3 Å². The minimum absolute atomic E-state index is 0.0119. The average molecular weight is 254 g/mol. The van der Waals surface area contributed by atoms with E-state index in [2.05, 4.69) is 4.98 Å². The number of pyridine rings is 1. The van der Waals surface area contributed by atoms with Gasteiger partial charge in [0.05, 0.1) is 6.61 Å². The molecule has 17 heavy (non-hydrogen) atoms. The summed E-state index contributed by atoms with van der Waals surface area (Å²) in [6.45, 7) is 6.17. The predicted molar refractivity (Wildman–Crippen MR) is 67.1 cm³/mol. The second kappa shape index (κ2) is 4.37. The van der Waals surface area contributed by atoms with E-state index in [4.69, 9.17) is 4.74 Å². The third kappa shape index (κ3) is 2.00. The van der Waals surface area contributed by atoms with Gasteiger partial charge in [-0.25, -0.2) is 0 Å². The molecule has 2 aromatic rings. The molecule has 0 spiro atoms. The first-order valence-corrected chi connectivity index (χ1v) is 6.24. The van der Waals surface area contributed by atoms with Crippen molar-refractivity contribution in [2.75, 3.05) is 6.61 Å². The van der Waals surface area contributed by atoms with Crippen LogP contribution in [-0.4, -0.2) is 21.3 Å². The van der Waals surface area contributed by atoms with Crippen molar-refractivity contribution >= 4 is 21.7 Å². The number of hydrogen-bond acceptors (Lipinski definition) is 5. The van der Waals surface area contributed by atoms with Gasteiger partial charge in [0.15, 0.2) is 5.65 Å². The maximum Gasteiger partial charge on any atom is 0.275 e. The fourth-order valence-corrected chi connectivity index (χ4v) is 2.55. The van der Waals surface area contributed by atoms with Crippen molar-refractivity contribution in [1.29, 1.82) is 0 Å². The molecule has 0 atom stereocenters. The summed E-state index contributed by atoms with van der Waals surface area (Å²) in [4.78, 5) is 16.0. The van der Waals surface area contributed by atoms with Crippen LogP contribution in [-0.2, 0) is 0 Å². The van der Waals surface area contributed by atoms with E-state index < -0.39 is 0 Å². The Morgan fingerprint density at radius 2 is 2.29 bits per heavy atom. The Kier molecular flexibility index (Phi) is 3.06. The number of hydrogen-bond donors (Lipinski definition) is 1. The summed E-state index contributed by atoms with van der Waals surface area (Å²) in [6.07, 6.45) is 0. The molecule has 1 N–H and O–H groups in total. The van der Waals surface area contributed by atoms with Crippen molar-refractivity contribution in [2.24, 2.45) is 0 Å². The molecule has 0 aliphatic rings. The van der Waals surface area contributed by atoms with E-state index in [9.17, 15) is 9.90 Å². The highest BCUT2D eigenvalue weighted by Crippen LogP contribution is 2.33. The standard InChI is InChI=1S/C11H14N2O3S/c1-4-16-11-12-10-9(17-11)7(14)5-8(15)13(10)6(2)3/h5-6,14H,4H2,1-3H3. The molecule has 0 fully saturated rings. The maximum atomic E-state index is 11.8. The second-order valence-corrected chi connectivity index (χ2v) is 4.86. The normalized spacial score (nSPS) is 11.3. The molecule has 0 unspecified atom stereocenters. The molecule has 0 aliphatic heterocycles. The van der Waals surface area contributed by atoms with E-state index in [0.717, 1.165) is 0 Å². The van der Waals surface area contributed by atoms with E-state index in [-0.39, 0.29) is 17.4 Å². The lowest BCUT2D eigenvalue weighted by Crippen LogP contribution is -2.21. The summed E-state index contributed by atoms with van der Waals surface area (Å²) < 4.78 is 7.44. The lowest BCUT2D eigenvalue weighted by atomic mass is 10.3. The number of thiazole rings is 1. The number of aromatic nitrogens is 2. The molecule has 0 radical (unpaired) electrons. The third-order valence-corrected chi connectivity index (χ3v) is 3.31. The number of fused-ring (bicyclic) bond motifs is 1. The van der Waals surface area contributed by atoms with Gasteiger partial charge < -0.3 is 9.84 Å². The molecule has 2 rings (SSSR count). The number of nitrogens with zero attached hydrogens (tertiary/aromatic N) is 2. The number of ether oxygens (including phenoxy) is 1. The van der Waals surface area contributed by atoms with Crippen molar-refractivity contribution in [3.8, 4) is 10.9 Å². The van der Waals surface area contributed by atoms with Crippen molar-refractivity contribution < 1.29 is 9.84 Å². The van der Waals surface area contributed by atoms with Crippen molar-refractivity contribution in [2.45, 2.75) is 26.8 Å². The van der Waals surface area contributed by atoms with Crippen LogP contribution in [0.2, 0.25) is 0 Å². The lowest BCUT2D eigenvalue weighted by Gasteiger charge is -2.10. The molecular weight excluding hydrogens is 240 g/mol. The van der Waals surface area contributed by atoms with Gasteiger partial charge in [-0.15, -0.1) is 0 Å². The van der Waals surface area contributed by atoms with E-state index in [1.807, 2.05) is 20.8 Å². The second-order valence-electron chi connectivity index (χ2n) is 3.90. The van der Waals surface area contributed by atoms with Gasteiger partial charge in [0.1, 0.15) is 10.4 Å². The van der Waals surface area contributed by atoms with Crippen LogP contribution < -0.4 is 10.3 Å². The Bertz CT molecular complexity index is 601. The molecule has 6 heteroatoms. The molecular formula is C11H14N2O3S. The van der Waals surface area contributed by atoms with Gasteiger partial charge in [0.2, 0.25) is 0 Å². The topological polar surface area (TPSA) is 64.3 Å². The Hall–Kier alpha value is -1.56. The highest BCUT2D eigenvalue weighted by atomic mass is 32.1. The Labute approximate surface area is 102 Å². The van der Waals surface area contributed by atoms with Gasteiger partial charge in [-0.1, -0.05) is 11.3 Å². The van der Waals surface area contributed by atoms with Gasteiger partial charge in [-0.3, -0.25) is 9.36 Å². The Balaban J connectivity index is 2.76. The molecule has 2 heterocycles. The average Bonchev–Trinajstić information content (AvgIpc) is 2.61. The van der Waals surface area contributed by atoms with E-state index >= 15 is 0 Å². The molecule has 0 bridgehead atoms. The molecule has 0 aromatic carbocycles. The first-order chi connectivity index (χ1) is 8.04. The minimum Gasteiger partial charge on any atom is -0.506 e. The Morgan fingerprint density at radius 1 is 1.59 bits per heavy atom. The van der Waals surface area contributed by atoms with Crippen LogP contribution in [0, 0.1) is 0 Å². The summed E-state index contributed by atoms with van der Waals surface area (Å²) in [5, 5.41) is 10.2. The van der Waals surface area contributed by atoms with Crippen molar-refractivity contribution in [1.82, 2.24) is 9.55 Å². The van der Waals surface area contributed by atoms with Gasteiger partial charge >= 0.3 is 0 Å². The fourth-order valence-electron chi connectivity index (χ4n) is 1.66. The SMILES string of the molecule is CCOc1nc2c(s1)c(O)cc(=O)n2C(C)C. The van der Waals surface area contributed by atoms with Crippen LogP contribution in [0.15, 0.2) is 10.9 Å². The van der Waals surface area contributed by atoms with E-state index in [0.29, 0.717) is 22.1 Å². The molecule has 5 nitrogen and oxygen atoms in total. The summed E-state index contributed by atoms with van der Waals surface area (Å²) in [5.74, 6) is -0.0367. The number of aromatic hydroxyl groups is 1. The van der Waals surface area contributed by atoms with Crippen molar-refractivity contribution in [3.05, 3.63) is 16.4 Å². The first-order valence-electron chi connectivity index (χ1n) is 5.42. The van der Waals surface area contributed by atoms with E-state index in [1.54, 1.807) is 4.57 Å². The monoisotopic (exact) mass is 254 g/mol. The largest absolute Gasteiger partial charge is 0.506 e. The zero-order valence-electron chi connectivity index (χ0n) is 9.93. The minimum atomic E-state index is -0.252. The summed E-state index contributed by atoms with van der Waals surface area (Å²) in [5.41, 5.74) is 0.233. The zero-order valence-corrected chi connectivity index (χ0v) is 10.7. The molecule has 0 aliphatic carbocycles. The van der Waals surface area contributed by atoms with Crippen LogP contribution in [0.3, 0.4) is 0 Å². The highest BCUT2D eigenvalue weighted by molar-refractivity contribution is 7.20. The molecule has 0 saturated heterocycles. The zero-order chi connectivity index (χ0) is 12.6. The smallest absolute Gasteiger partial charge is 0.275 e. The van der Waals surface area contributed by atoms with Crippen LogP contribution in [0.25, 0.3) is 10.3 Å². The molecule has 2 aromatic heterocycles. The van der Waals surface area contributed by atoms with Crippen molar-refractivity contribution in [3.63, 3.8) is 0 Å². The summed E-state index contributed by atoms with van der Waals surface area (Å²) >= 11 is 1.25. The van der Waals surface area contributed by atoms with Crippen LogP contribution in [0.5, 0.6) is 10.9 Å². The lowest BCUT2D eigenvalue weighted by molar-refractivity contribution is 0.338.